The largest absolute Gasteiger partial charge is 0.496 e. The van der Waals surface area contributed by atoms with E-state index in [1.807, 2.05) is 36.4 Å². The normalized spacial score (nSPS) is 15.7. The van der Waals surface area contributed by atoms with Gasteiger partial charge in [-0.1, -0.05) is 29.8 Å². The van der Waals surface area contributed by atoms with E-state index in [1.165, 1.54) is 12.1 Å². The first-order valence-electron chi connectivity index (χ1n) is 9.89. The molecule has 0 saturated heterocycles. The summed E-state index contributed by atoms with van der Waals surface area (Å²) in [7, 11) is 1.60. The summed E-state index contributed by atoms with van der Waals surface area (Å²) in [6, 6.07) is 16.9. The summed E-state index contributed by atoms with van der Waals surface area (Å²) in [4.78, 5) is 0. The van der Waals surface area contributed by atoms with Gasteiger partial charge in [-0.2, -0.15) is 5.10 Å². The maximum atomic E-state index is 14.6. The van der Waals surface area contributed by atoms with Crippen molar-refractivity contribution in [1.29, 1.82) is 0 Å². The van der Waals surface area contributed by atoms with Crippen LogP contribution in [0.5, 0.6) is 11.5 Å². The van der Waals surface area contributed by atoms with Gasteiger partial charge in [0.2, 0.25) is 0 Å². The third-order valence-electron chi connectivity index (χ3n) is 5.10. The monoisotopic (exact) mass is 442 g/mol. The van der Waals surface area contributed by atoms with Crippen LogP contribution in [0.15, 0.2) is 65.8 Å². The number of ether oxygens (including phenoxy) is 2. The molecule has 4 nitrogen and oxygen atoms in total. The molecule has 1 atom stereocenters. The molecule has 0 radical (unpaired) electrons. The Balaban J connectivity index is 1.80. The van der Waals surface area contributed by atoms with Crippen molar-refractivity contribution >= 4 is 23.0 Å². The fourth-order valence-electron chi connectivity index (χ4n) is 3.73. The SMILES string of the molecule is CCOc1c(F)cc(C2CC(c3ccccc3OC)=NN2c2cccc(Cl)c2)cc1F. The molecule has 1 aliphatic heterocycles. The van der Waals surface area contributed by atoms with Crippen molar-refractivity contribution in [3.05, 3.63) is 88.4 Å². The quantitative estimate of drug-likeness (QED) is 0.444. The molecule has 1 unspecified atom stereocenters. The Hall–Kier alpha value is -3.12. The zero-order chi connectivity index (χ0) is 22.0. The molecule has 31 heavy (non-hydrogen) atoms. The van der Waals surface area contributed by atoms with Crippen molar-refractivity contribution in [3.63, 3.8) is 0 Å². The Kier molecular flexibility index (Phi) is 6.09. The van der Waals surface area contributed by atoms with E-state index in [4.69, 9.17) is 26.2 Å². The lowest BCUT2D eigenvalue weighted by molar-refractivity contribution is 0.302. The van der Waals surface area contributed by atoms with Gasteiger partial charge in [-0.05, 0) is 55.0 Å². The molecule has 0 aromatic heterocycles. The minimum Gasteiger partial charge on any atom is -0.496 e. The molecule has 3 aromatic rings. The molecule has 160 valence electrons. The highest BCUT2D eigenvalue weighted by Gasteiger charge is 2.32. The van der Waals surface area contributed by atoms with Gasteiger partial charge in [0.25, 0.3) is 0 Å². The van der Waals surface area contributed by atoms with E-state index >= 15 is 0 Å². The van der Waals surface area contributed by atoms with Crippen molar-refractivity contribution in [2.24, 2.45) is 5.10 Å². The number of hydrogen-bond acceptors (Lipinski definition) is 4. The summed E-state index contributed by atoms with van der Waals surface area (Å²) in [6.45, 7) is 1.85. The van der Waals surface area contributed by atoms with Crippen molar-refractivity contribution in [2.75, 3.05) is 18.7 Å². The van der Waals surface area contributed by atoms with Crippen LogP contribution in [0.4, 0.5) is 14.5 Å². The number of rotatable bonds is 6. The lowest BCUT2D eigenvalue weighted by Crippen LogP contribution is -2.19. The van der Waals surface area contributed by atoms with E-state index in [-0.39, 0.29) is 12.4 Å². The van der Waals surface area contributed by atoms with Crippen LogP contribution in [0.2, 0.25) is 5.02 Å². The summed E-state index contributed by atoms with van der Waals surface area (Å²) in [5.41, 5.74) is 2.74. The second-order valence-corrected chi connectivity index (χ2v) is 7.47. The highest BCUT2D eigenvalue weighted by Crippen LogP contribution is 2.40. The maximum absolute atomic E-state index is 14.6. The molecule has 0 amide bonds. The molecule has 0 N–H and O–H groups in total. The standard InChI is InChI=1S/C24H21ClF2N2O2/c1-3-31-24-19(26)11-15(12-20(24)27)22-14-21(18-9-4-5-10-23(18)30-2)28-29(22)17-8-6-7-16(25)13-17/h4-13,22H,3,14H2,1-2H3. The average molecular weight is 443 g/mol. The number of halogens is 3. The van der Waals surface area contributed by atoms with Crippen LogP contribution in [0, 0.1) is 11.6 Å². The molecular formula is C24H21ClF2N2O2. The fourth-order valence-corrected chi connectivity index (χ4v) is 3.91. The van der Waals surface area contributed by atoms with Crippen LogP contribution in [0.25, 0.3) is 0 Å². The average Bonchev–Trinajstić information content (AvgIpc) is 3.21. The Morgan fingerprint density at radius 2 is 1.81 bits per heavy atom. The van der Waals surface area contributed by atoms with Gasteiger partial charge < -0.3 is 9.47 Å². The molecule has 1 aliphatic rings. The predicted octanol–water partition coefficient (Wildman–Crippen LogP) is 6.38. The zero-order valence-corrected chi connectivity index (χ0v) is 17.9. The summed E-state index contributed by atoms with van der Waals surface area (Å²) in [5.74, 6) is -1.18. The number of hydrogen-bond donors (Lipinski definition) is 0. The summed E-state index contributed by atoms with van der Waals surface area (Å²) in [6.07, 6.45) is 0.430. The van der Waals surface area contributed by atoms with Gasteiger partial charge >= 0.3 is 0 Å². The van der Waals surface area contributed by atoms with Gasteiger partial charge in [-0.15, -0.1) is 0 Å². The lowest BCUT2D eigenvalue weighted by atomic mass is 9.97. The number of benzene rings is 3. The minimum atomic E-state index is -0.742. The van der Waals surface area contributed by atoms with Gasteiger partial charge in [-0.25, -0.2) is 8.78 Å². The Bertz CT molecular complexity index is 1110. The third-order valence-corrected chi connectivity index (χ3v) is 5.33. The number of nitrogens with zero attached hydrogens (tertiary/aromatic N) is 2. The summed E-state index contributed by atoms with van der Waals surface area (Å²) in [5, 5.41) is 7.07. The third kappa shape index (κ3) is 4.21. The molecule has 7 heteroatoms. The van der Waals surface area contributed by atoms with Crippen LogP contribution >= 0.6 is 11.6 Å². The molecule has 0 bridgehead atoms. The van der Waals surface area contributed by atoms with E-state index < -0.39 is 17.7 Å². The second kappa shape index (κ2) is 8.94. The topological polar surface area (TPSA) is 34.1 Å². The minimum absolute atomic E-state index is 0.173. The molecule has 4 rings (SSSR count). The number of methoxy groups -OCH3 is 1. The van der Waals surface area contributed by atoms with Crippen molar-refractivity contribution in [2.45, 2.75) is 19.4 Å². The molecule has 0 aliphatic carbocycles. The lowest BCUT2D eigenvalue weighted by Gasteiger charge is -2.24. The van der Waals surface area contributed by atoms with Gasteiger partial charge in [0.05, 0.1) is 31.2 Å². The fraction of sp³-hybridized carbons (Fsp3) is 0.208. The highest BCUT2D eigenvalue weighted by atomic mass is 35.5. The number of para-hydroxylation sites is 1. The van der Waals surface area contributed by atoms with Crippen molar-refractivity contribution in [3.8, 4) is 11.5 Å². The number of hydrazone groups is 1. The van der Waals surface area contributed by atoms with Gasteiger partial charge in [-0.3, -0.25) is 5.01 Å². The van der Waals surface area contributed by atoms with Gasteiger partial charge in [0, 0.05) is 17.0 Å². The van der Waals surface area contributed by atoms with Gasteiger partial charge in [0.1, 0.15) is 5.75 Å². The van der Waals surface area contributed by atoms with Crippen molar-refractivity contribution in [1.82, 2.24) is 0 Å². The Labute approximate surface area is 184 Å². The van der Waals surface area contributed by atoms with Crippen LogP contribution in [-0.4, -0.2) is 19.4 Å². The first-order valence-corrected chi connectivity index (χ1v) is 10.3. The predicted molar refractivity (Wildman–Crippen MR) is 118 cm³/mol. The second-order valence-electron chi connectivity index (χ2n) is 7.04. The van der Waals surface area contributed by atoms with Crippen LogP contribution in [-0.2, 0) is 0 Å². The molecule has 3 aromatic carbocycles. The van der Waals surface area contributed by atoms with Crippen LogP contribution in [0.1, 0.15) is 30.5 Å². The van der Waals surface area contributed by atoms with Crippen LogP contribution in [0.3, 0.4) is 0 Å². The number of anilines is 1. The summed E-state index contributed by atoms with van der Waals surface area (Å²) >= 11 is 6.19. The Morgan fingerprint density at radius 1 is 1.06 bits per heavy atom. The first kappa shape index (κ1) is 21.1. The van der Waals surface area contributed by atoms with E-state index in [0.717, 1.165) is 17.0 Å². The van der Waals surface area contributed by atoms with E-state index in [2.05, 4.69) is 0 Å². The molecule has 0 spiro atoms. The molecular weight excluding hydrogens is 422 g/mol. The smallest absolute Gasteiger partial charge is 0.190 e. The first-order chi connectivity index (χ1) is 15.0. The summed E-state index contributed by atoms with van der Waals surface area (Å²) < 4.78 is 39.8. The Morgan fingerprint density at radius 3 is 2.48 bits per heavy atom. The van der Waals surface area contributed by atoms with Crippen molar-refractivity contribution < 1.29 is 18.3 Å². The highest BCUT2D eigenvalue weighted by molar-refractivity contribution is 6.30. The molecule has 1 heterocycles. The van der Waals surface area contributed by atoms with E-state index in [1.54, 1.807) is 31.2 Å². The van der Waals surface area contributed by atoms with E-state index in [9.17, 15) is 8.78 Å². The zero-order valence-electron chi connectivity index (χ0n) is 17.1. The maximum Gasteiger partial charge on any atom is 0.190 e. The molecule has 0 saturated carbocycles. The molecule has 0 fully saturated rings. The van der Waals surface area contributed by atoms with E-state index in [0.29, 0.717) is 22.8 Å². The van der Waals surface area contributed by atoms with Gasteiger partial charge in [0.15, 0.2) is 17.4 Å². The van der Waals surface area contributed by atoms with Crippen LogP contribution < -0.4 is 14.5 Å².